The van der Waals surface area contributed by atoms with Crippen LogP contribution in [0, 0.1) is 5.92 Å². The van der Waals surface area contributed by atoms with Gasteiger partial charge in [-0.1, -0.05) is 12.8 Å². The van der Waals surface area contributed by atoms with Gasteiger partial charge in [-0.3, -0.25) is 4.79 Å². The van der Waals surface area contributed by atoms with Gasteiger partial charge in [-0.2, -0.15) is 0 Å². The van der Waals surface area contributed by atoms with Gasteiger partial charge in [0, 0.05) is 19.1 Å². The largest absolute Gasteiger partial charge is 0.480 e. The van der Waals surface area contributed by atoms with Crippen molar-refractivity contribution >= 4 is 11.9 Å². The highest BCUT2D eigenvalue weighted by Gasteiger charge is 2.47. The third kappa shape index (κ3) is 3.07. The molecule has 3 fully saturated rings. The summed E-state index contributed by atoms with van der Waals surface area (Å²) in [5.41, 5.74) is 0. The van der Waals surface area contributed by atoms with Gasteiger partial charge in [-0.05, 0) is 44.4 Å². The van der Waals surface area contributed by atoms with E-state index in [0.29, 0.717) is 18.8 Å². The molecule has 0 aromatic carbocycles. The maximum atomic E-state index is 12.6. The Bertz CT molecular complexity index is 405. The molecule has 5 nitrogen and oxygen atoms in total. The summed E-state index contributed by atoms with van der Waals surface area (Å²) in [4.78, 5) is 25.8. The number of rotatable bonds is 4. The lowest BCUT2D eigenvalue weighted by atomic mass is 9.84. The van der Waals surface area contributed by atoms with Crippen LogP contribution in [-0.2, 0) is 14.3 Å². The highest BCUT2D eigenvalue weighted by molar-refractivity contribution is 5.84. The van der Waals surface area contributed by atoms with E-state index in [-0.39, 0.29) is 18.1 Å². The highest BCUT2D eigenvalue weighted by atomic mass is 16.5. The Hall–Kier alpha value is -1.10. The summed E-state index contributed by atoms with van der Waals surface area (Å²) >= 11 is 0. The summed E-state index contributed by atoms with van der Waals surface area (Å²) in [6, 6.07) is -0.438. The van der Waals surface area contributed by atoms with E-state index in [1.54, 1.807) is 4.90 Å². The summed E-state index contributed by atoms with van der Waals surface area (Å²) in [7, 11) is 0. The summed E-state index contributed by atoms with van der Waals surface area (Å²) < 4.78 is 5.56. The van der Waals surface area contributed by atoms with E-state index < -0.39 is 12.0 Å². The molecule has 1 saturated carbocycles. The van der Waals surface area contributed by atoms with Crippen LogP contribution in [-0.4, -0.2) is 46.7 Å². The average Bonchev–Trinajstić information content (AvgIpc) is 3.11. The number of fused-ring (bicyclic) bond motifs is 1. The Kier molecular flexibility index (Phi) is 4.48. The summed E-state index contributed by atoms with van der Waals surface area (Å²) in [5, 5.41) is 9.44. The molecule has 3 aliphatic rings. The minimum Gasteiger partial charge on any atom is -0.480 e. The average molecular weight is 295 g/mol. The molecule has 0 radical (unpaired) electrons. The smallest absolute Gasteiger partial charge is 0.326 e. The van der Waals surface area contributed by atoms with Crippen LogP contribution in [0.25, 0.3) is 0 Å². The Morgan fingerprint density at radius 1 is 1.14 bits per heavy atom. The predicted molar refractivity (Wildman–Crippen MR) is 76.8 cm³/mol. The lowest BCUT2D eigenvalue weighted by Crippen LogP contribution is -2.46. The van der Waals surface area contributed by atoms with Crippen molar-refractivity contribution in [2.24, 2.45) is 5.92 Å². The molecule has 1 aliphatic carbocycles. The van der Waals surface area contributed by atoms with Crippen LogP contribution in [0.15, 0.2) is 0 Å². The molecule has 2 aliphatic heterocycles. The van der Waals surface area contributed by atoms with Crippen molar-refractivity contribution in [3.8, 4) is 0 Å². The first-order chi connectivity index (χ1) is 10.2. The molecular formula is C16H25NO4. The van der Waals surface area contributed by atoms with Gasteiger partial charge in [-0.15, -0.1) is 0 Å². The molecule has 2 heterocycles. The van der Waals surface area contributed by atoms with Crippen molar-refractivity contribution in [1.29, 1.82) is 0 Å². The van der Waals surface area contributed by atoms with Gasteiger partial charge in [0.2, 0.25) is 5.91 Å². The third-order valence-corrected chi connectivity index (χ3v) is 5.37. The summed E-state index contributed by atoms with van der Waals surface area (Å²) in [6.45, 7) is 0.797. The van der Waals surface area contributed by atoms with E-state index >= 15 is 0 Å². The quantitative estimate of drug-likeness (QED) is 0.863. The Morgan fingerprint density at radius 3 is 2.67 bits per heavy atom. The Labute approximate surface area is 125 Å². The Morgan fingerprint density at radius 2 is 1.95 bits per heavy atom. The number of amides is 1. The molecule has 5 heteroatoms. The zero-order chi connectivity index (χ0) is 14.8. The zero-order valence-electron chi connectivity index (χ0n) is 12.5. The fraction of sp³-hybridized carbons (Fsp3) is 0.875. The lowest BCUT2D eigenvalue weighted by Gasteiger charge is -2.33. The van der Waals surface area contributed by atoms with Crippen LogP contribution in [0.5, 0.6) is 0 Å². The van der Waals surface area contributed by atoms with Crippen LogP contribution in [0.2, 0.25) is 0 Å². The number of carboxylic acids is 1. The van der Waals surface area contributed by atoms with Crippen molar-refractivity contribution in [3.05, 3.63) is 0 Å². The van der Waals surface area contributed by atoms with Crippen molar-refractivity contribution in [2.45, 2.75) is 76.0 Å². The molecule has 21 heavy (non-hydrogen) atoms. The van der Waals surface area contributed by atoms with E-state index in [2.05, 4.69) is 0 Å². The number of ether oxygens (including phenoxy) is 1. The van der Waals surface area contributed by atoms with Crippen molar-refractivity contribution in [1.82, 2.24) is 4.90 Å². The number of aliphatic carboxylic acids is 1. The first-order valence-electron chi connectivity index (χ1n) is 8.32. The molecule has 0 unspecified atom stereocenters. The topological polar surface area (TPSA) is 66.8 Å². The first-order valence-corrected chi connectivity index (χ1v) is 8.32. The van der Waals surface area contributed by atoms with Crippen molar-refractivity contribution < 1.29 is 19.4 Å². The van der Waals surface area contributed by atoms with Gasteiger partial charge in [0.1, 0.15) is 6.04 Å². The van der Waals surface area contributed by atoms with Gasteiger partial charge in [0.05, 0.1) is 6.10 Å². The van der Waals surface area contributed by atoms with Gasteiger partial charge in [-0.25, -0.2) is 4.79 Å². The fourth-order valence-electron chi connectivity index (χ4n) is 4.32. The van der Waals surface area contributed by atoms with Gasteiger partial charge < -0.3 is 14.7 Å². The number of hydrogen-bond acceptors (Lipinski definition) is 3. The summed E-state index contributed by atoms with van der Waals surface area (Å²) in [5.74, 6) is -0.423. The van der Waals surface area contributed by atoms with E-state index in [9.17, 15) is 14.7 Å². The SMILES string of the molecule is O=C(O)[C@@H]1C[C@@H]2CCCC[C@H]2N1C(=O)CC[C@H]1CCCO1. The zero-order valence-corrected chi connectivity index (χ0v) is 12.5. The van der Waals surface area contributed by atoms with E-state index in [4.69, 9.17) is 4.74 Å². The van der Waals surface area contributed by atoms with Crippen LogP contribution < -0.4 is 0 Å². The molecule has 3 rings (SSSR count). The van der Waals surface area contributed by atoms with E-state index in [1.807, 2.05) is 0 Å². The first kappa shape index (κ1) is 14.8. The second kappa shape index (κ2) is 6.34. The molecular weight excluding hydrogens is 270 g/mol. The number of hydrogen-bond donors (Lipinski definition) is 1. The standard InChI is InChI=1S/C16H25NO4/c18-15(8-7-12-5-3-9-21-12)17-13-6-2-1-4-11(13)10-14(17)16(19)20/h11-14H,1-10H2,(H,19,20)/t11-,12+,13+,14-/m0/s1. The van der Waals surface area contributed by atoms with Crippen LogP contribution in [0.4, 0.5) is 0 Å². The van der Waals surface area contributed by atoms with Crippen LogP contribution in [0.3, 0.4) is 0 Å². The molecule has 0 spiro atoms. The Balaban J connectivity index is 1.64. The second-order valence-corrected chi connectivity index (χ2v) is 6.68. The monoisotopic (exact) mass is 295 g/mol. The van der Waals surface area contributed by atoms with Crippen LogP contribution in [0.1, 0.15) is 57.8 Å². The maximum absolute atomic E-state index is 12.6. The van der Waals surface area contributed by atoms with Gasteiger partial charge >= 0.3 is 5.97 Å². The summed E-state index contributed by atoms with van der Waals surface area (Å²) in [6.07, 6.45) is 8.44. The minimum absolute atomic E-state index is 0.0206. The van der Waals surface area contributed by atoms with Crippen molar-refractivity contribution in [2.75, 3.05) is 6.61 Å². The predicted octanol–water partition coefficient (Wildman–Crippen LogP) is 2.19. The van der Waals surface area contributed by atoms with E-state index in [1.165, 1.54) is 6.42 Å². The number of nitrogens with zero attached hydrogens (tertiary/aromatic N) is 1. The van der Waals surface area contributed by atoms with Gasteiger partial charge in [0.15, 0.2) is 0 Å². The van der Waals surface area contributed by atoms with E-state index in [0.717, 1.165) is 45.1 Å². The molecule has 0 bridgehead atoms. The normalized spacial score (nSPS) is 35.7. The number of carbonyl (C=O) groups is 2. The highest BCUT2D eigenvalue weighted by Crippen LogP contribution is 2.40. The molecule has 2 saturated heterocycles. The molecule has 1 amide bonds. The molecule has 118 valence electrons. The molecule has 0 aromatic rings. The maximum Gasteiger partial charge on any atom is 0.326 e. The second-order valence-electron chi connectivity index (χ2n) is 6.68. The van der Waals surface area contributed by atoms with Gasteiger partial charge in [0.25, 0.3) is 0 Å². The molecule has 0 aromatic heterocycles. The fourth-order valence-corrected chi connectivity index (χ4v) is 4.32. The lowest BCUT2D eigenvalue weighted by molar-refractivity contribution is -0.150. The minimum atomic E-state index is -0.838. The molecule has 1 N–H and O–H groups in total. The number of likely N-dealkylation sites (tertiary alicyclic amines) is 1. The number of carbonyl (C=O) groups excluding carboxylic acids is 1. The third-order valence-electron chi connectivity index (χ3n) is 5.37. The van der Waals surface area contributed by atoms with Crippen molar-refractivity contribution in [3.63, 3.8) is 0 Å². The van der Waals surface area contributed by atoms with Crippen LogP contribution >= 0.6 is 0 Å². The number of carboxylic acid groups (broad SMARTS) is 1. The molecule has 4 atom stereocenters.